The molecule has 1 amide bonds. The van der Waals surface area contributed by atoms with E-state index in [2.05, 4.69) is 15.6 Å². The van der Waals surface area contributed by atoms with Crippen LogP contribution >= 0.6 is 0 Å². The van der Waals surface area contributed by atoms with Gasteiger partial charge in [-0.3, -0.25) is 9.79 Å². The Bertz CT molecular complexity index is 747. The van der Waals surface area contributed by atoms with Crippen molar-refractivity contribution in [1.29, 1.82) is 0 Å². The Hall–Kier alpha value is -3.22. The fraction of sp³-hybridized carbons (Fsp3) is 0.222. The largest absolute Gasteiger partial charge is 0.497 e. The van der Waals surface area contributed by atoms with Crippen LogP contribution in [0.2, 0.25) is 0 Å². The Morgan fingerprint density at radius 1 is 1.12 bits per heavy atom. The minimum absolute atomic E-state index is 0.189. The molecule has 0 atom stereocenters. The third-order valence-electron chi connectivity index (χ3n) is 3.38. The van der Waals surface area contributed by atoms with E-state index < -0.39 is 0 Å². The molecule has 2 aromatic rings. The number of amides is 1. The van der Waals surface area contributed by atoms with Gasteiger partial charge in [-0.25, -0.2) is 0 Å². The third-order valence-corrected chi connectivity index (χ3v) is 3.38. The summed E-state index contributed by atoms with van der Waals surface area (Å²) in [6.07, 6.45) is 0. The second-order valence-corrected chi connectivity index (χ2v) is 5.08. The number of aliphatic imine (C=N–C) groups is 1. The molecule has 0 aromatic heterocycles. The average Bonchev–Trinajstić information content (AvgIpc) is 2.65. The first kappa shape index (κ1) is 18.1. The van der Waals surface area contributed by atoms with Gasteiger partial charge in [0.2, 0.25) is 0 Å². The molecule has 7 heteroatoms. The second kappa shape index (κ2) is 9.17. The molecule has 0 aliphatic heterocycles. The van der Waals surface area contributed by atoms with Crippen LogP contribution in [0.15, 0.2) is 53.5 Å². The Balaban J connectivity index is 1.82. The maximum Gasteiger partial charge on any atom is 0.251 e. The molecule has 0 radical (unpaired) electrons. The summed E-state index contributed by atoms with van der Waals surface area (Å²) < 4.78 is 10.3. The number of hydrogen-bond acceptors (Lipinski definition) is 4. The summed E-state index contributed by atoms with van der Waals surface area (Å²) in [6, 6.07) is 14.3. The summed E-state index contributed by atoms with van der Waals surface area (Å²) in [6.45, 7) is 0.716. The van der Waals surface area contributed by atoms with Crippen molar-refractivity contribution in [3.63, 3.8) is 0 Å². The summed E-state index contributed by atoms with van der Waals surface area (Å²) in [5.41, 5.74) is 7.11. The van der Waals surface area contributed by atoms with E-state index in [0.29, 0.717) is 30.2 Å². The van der Waals surface area contributed by atoms with Crippen molar-refractivity contribution in [1.82, 2.24) is 5.32 Å². The number of rotatable bonds is 7. The van der Waals surface area contributed by atoms with Crippen LogP contribution in [-0.4, -0.2) is 39.2 Å². The topological polar surface area (TPSA) is 98.0 Å². The molecule has 0 unspecified atom stereocenters. The Morgan fingerprint density at radius 3 is 2.68 bits per heavy atom. The molecular weight excluding hydrogens is 320 g/mol. The van der Waals surface area contributed by atoms with E-state index in [1.54, 1.807) is 38.5 Å². The van der Waals surface area contributed by atoms with E-state index in [9.17, 15) is 4.79 Å². The van der Waals surface area contributed by atoms with Gasteiger partial charge in [-0.1, -0.05) is 18.2 Å². The van der Waals surface area contributed by atoms with Gasteiger partial charge in [0.15, 0.2) is 5.96 Å². The smallest absolute Gasteiger partial charge is 0.251 e. The fourth-order valence-electron chi connectivity index (χ4n) is 2.14. The average molecular weight is 342 g/mol. The highest BCUT2D eigenvalue weighted by Gasteiger charge is 2.06. The normalized spacial score (nSPS) is 10.9. The Morgan fingerprint density at radius 2 is 1.92 bits per heavy atom. The molecule has 0 fully saturated rings. The van der Waals surface area contributed by atoms with E-state index in [4.69, 9.17) is 15.2 Å². The minimum atomic E-state index is -0.189. The van der Waals surface area contributed by atoms with Gasteiger partial charge < -0.3 is 25.8 Å². The predicted octanol–water partition coefficient (Wildman–Crippen LogP) is 1.86. The second-order valence-electron chi connectivity index (χ2n) is 5.08. The van der Waals surface area contributed by atoms with Crippen molar-refractivity contribution in [2.45, 2.75) is 0 Å². The zero-order valence-corrected chi connectivity index (χ0v) is 14.3. The molecule has 0 aliphatic carbocycles. The standard InChI is InChI=1S/C18H22N4O3/c1-24-14-7-5-6-13(12-14)17(23)20-10-11-21-18(19)22-15-8-3-4-9-16(15)25-2/h3-9,12H,10-11H2,1-2H3,(H,20,23)(H3,19,21,22). The summed E-state index contributed by atoms with van der Waals surface area (Å²) in [5, 5.41) is 5.75. The molecule has 0 bridgehead atoms. The molecule has 0 saturated heterocycles. The van der Waals surface area contributed by atoms with Crippen LogP contribution in [0.3, 0.4) is 0 Å². The van der Waals surface area contributed by atoms with Gasteiger partial charge in [-0.15, -0.1) is 0 Å². The summed E-state index contributed by atoms with van der Waals surface area (Å²) in [5.74, 6) is 1.37. The summed E-state index contributed by atoms with van der Waals surface area (Å²) >= 11 is 0. The number of hydrogen-bond donors (Lipinski definition) is 3. The van der Waals surface area contributed by atoms with E-state index in [-0.39, 0.29) is 11.9 Å². The minimum Gasteiger partial charge on any atom is -0.497 e. The van der Waals surface area contributed by atoms with Gasteiger partial charge in [0.1, 0.15) is 11.5 Å². The number of nitrogens with two attached hydrogens (primary N) is 1. The van der Waals surface area contributed by atoms with Crippen molar-refractivity contribution in [2.75, 3.05) is 32.6 Å². The first-order chi connectivity index (χ1) is 12.1. The molecule has 132 valence electrons. The SMILES string of the molecule is COc1cccc(C(=O)NCCN=C(N)Nc2ccccc2OC)c1. The van der Waals surface area contributed by atoms with Gasteiger partial charge in [0.25, 0.3) is 5.91 Å². The number of anilines is 1. The van der Waals surface area contributed by atoms with Crippen LogP contribution < -0.4 is 25.8 Å². The molecule has 2 rings (SSSR count). The molecule has 4 N–H and O–H groups in total. The van der Waals surface area contributed by atoms with Crippen LogP contribution in [0, 0.1) is 0 Å². The van der Waals surface area contributed by atoms with Gasteiger partial charge in [0.05, 0.1) is 26.5 Å². The number of guanidine groups is 1. The number of carbonyl (C=O) groups is 1. The maximum absolute atomic E-state index is 12.1. The number of methoxy groups -OCH3 is 2. The number of benzene rings is 2. The quantitative estimate of drug-likeness (QED) is 0.405. The highest BCUT2D eigenvalue weighted by atomic mass is 16.5. The molecule has 0 aliphatic rings. The molecule has 0 spiro atoms. The van der Waals surface area contributed by atoms with Crippen molar-refractivity contribution in [2.24, 2.45) is 10.7 Å². The van der Waals surface area contributed by atoms with E-state index in [1.165, 1.54) is 0 Å². The molecular formula is C18H22N4O3. The maximum atomic E-state index is 12.1. The third kappa shape index (κ3) is 5.42. The lowest BCUT2D eigenvalue weighted by Gasteiger charge is -2.10. The molecule has 0 saturated carbocycles. The van der Waals surface area contributed by atoms with Crippen molar-refractivity contribution < 1.29 is 14.3 Å². The Labute approximate surface area is 146 Å². The number of carbonyl (C=O) groups excluding carboxylic acids is 1. The monoisotopic (exact) mass is 342 g/mol. The number of para-hydroxylation sites is 2. The summed E-state index contributed by atoms with van der Waals surface area (Å²) in [4.78, 5) is 16.2. The van der Waals surface area contributed by atoms with E-state index in [0.717, 1.165) is 5.69 Å². The van der Waals surface area contributed by atoms with Crippen LogP contribution in [0.5, 0.6) is 11.5 Å². The highest BCUT2D eigenvalue weighted by Crippen LogP contribution is 2.22. The summed E-state index contributed by atoms with van der Waals surface area (Å²) in [7, 11) is 3.14. The zero-order valence-electron chi connectivity index (χ0n) is 14.3. The first-order valence-electron chi connectivity index (χ1n) is 7.76. The number of nitrogens with zero attached hydrogens (tertiary/aromatic N) is 1. The van der Waals surface area contributed by atoms with Gasteiger partial charge in [-0.05, 0) is 30.3 Å². The Kier molecular flexibility index (Phi) is 6.65. The van der Waals surface area contributed by atoms with Crippen LogP contribution in [0.1, 0.15) is 10.4 Å². The molecule has 0 heterocycles. The van der Waals surface area contributed by atoms with Gasteiger partial charge in [0, 0.05) is 12.1 Å². The molecule has 2 aromatic carbocycles. The van der Waals surface area contributed by atoms with Crippen LogP contribution in [0.25, 0.3) is 0 Å². The van der Waals surface area contributed by atoms with Crippen LogP contribution in [-0.2, 0) is 0 Å². The van der Waals surface area contributed by atoms with Crippen molar-refractivity contribution >= 4 is 17.6 Å². The van der Waals surface area contributed by atoms with Gasteiger partial charge in [-0.2, -0.15) is 0 Å². The lowest BCUT2D eigenvalue weighted by atomic mass is 10.2. The van der Waals surface area contributed by atoms with E-state index in [1.807, 2.05) is 24.3 Å². The molecule has 25 heavy (non-hydrogen) atoms. The number of ether oxygens (including phenoxy) is 2. The van der Waals surface area contributed by atoms with Crippen LogP contribution in [0.4, 0.5) is 5.69 Å². The first-order valence-corrected chi connectivity index (χ1v) is 7.76. The van der Waals surface area contributed by atoms with E-state index >= 15 is 0 Å². The molecule has 7 nitrogen and oxygen atoms in total. The predicted molar refractivity (Wildman–Crippen MR) is 98.4 cm³/mol. The lowest BCUT2D eigenvalue weighted by molar-refractivity contribution is 0.0954. The zero-order chi connectivity index (χ0) is 18.1. The fourth-order valence-corrected chi connectivity index (χ4v) is 2.14. The van der Waals surface area contributed by atoms with Crippen molar-refractivity contribution in [3.05, 3.63) is 54.1 Å². The highest BCUT2D eigenvalue weighted by molar-refractivity contribution is 5.95. The lowest BCUT2D eigenvalue weighted by Crippen LogP contribution is -2.28. The van der Waals surface area contributed by atoms with Gasteiger partial charge >= 0.3 is 0 Å². The number of nitrogens with one attached hydrogen (secondary N) is 2. The van der Waals surface area contributed by atoms with Crippen molar-refractivity contribution in [3.8, 4) is 11.5 Å².